The predicted octanol–water partition coefficient (Wildman–Crippen LogP) is 3.64. The van der Waals surface area contributed by atoms with Crippen LogP contribution in [0.25, 0.3) is 0 Å². The van der Waals surface area contributed by atoms with Crippen molar-refractivity contribution in [1.82, 2.24) is 4.98 Å². The Morgan fingerprint density at radius 2 is 2.25 bits per heavy atom. The molecule has 0 amide bonds. The number of nitrogens with two attached hydrogens (primary N) is 1. The van der Waals surface area contributed by atoms with Gasteiger partial charge in [-0.1, -0.05) is 22.0 Å². The van der Waals surface area contributed by atoms with E-state index in [1.165, 1.54) is 29.7 Å². The summed E-state index contributed by atoms with van der Waals surface area (Å²) >= 11 is 3.52. The molecule has 3 nitrogen and oxygen atoms in total. The van der Waals surface area contributed by atoms with Crippen molar-refractivity contribution in [2.45, 2.75) is 25.4 Å². The van der Waals surface area contributed by atoms with Crippen molar-refractivity contribution in [3.8, 4) is 0 Å². The second-order valence-electron chi connectivity index (χ2n) is 5.11. The number of benzene rings is 1. The van der Waals surface area contributed by atoms with Gasteiger partial charge in [0, 0.05) is 35.6 Å². The molecule has 2 aromatic rings. The van der Waals surface area contributed by atoms with E-state index in [-0.39, 0.29) is 0 Å². The molecular formula is C16H18BrN3. The Kier molecular flexibility index (Phi) is 4.03. The van der Waals surface area contributed by atoms with E-state index in [0.717, 1.165) is 11.0 Å². The summed E-state index contributed by atoms with van der Waals surface area (Å²) in [5, 5.41) is 0. The van der Waals surface area contributed by atoms with Gasteiger partial charge in [0.1, 0.15) is 0 Å². The molecule has 1 atom stereocenters. The molecule has 0 bridgehead atoms. The van der Waals surface area contributed by atoms with Gasteiger partial charge in [-0.3, -0.25) is 4.98 Å². The van der Waals surface area contributed by atoms with E-state index in [9.17, 15) is 0 Å². The van der Waals surface area contributed by atoms with Crippen LogP contribution in [0.3, 0.4) is 0 Å². The number of aromatic nitrogens is 1. The SMILES string of the molecule is NCc1cc(Br)ccc1N1CCCC1c1cccnc1. The Bertz CT molecular complexity index is 586. The number of nitrogens with zero attached hydrogens (tertiary/aromatic N) is 2. The van der Waals surface area contributed by atoms with E-state index in [1.54, 1.807) is 0 Å². The van der Waals surface area contributed by atoms with Gasteiger partial charge in [0.05, 0.1) is 6.04 Å². The zero-order valence-electron chi connectivity index (χ0n) is 11.3. The Labute approximate surface area is 127 Å². The number of rotatable bonds is 3. The average Bonchev–Trinajstić information content (AvgIpc) is 2.97. The third kappa shape index (κ3) is 2.58. The van der Waals surface area contributed by atoms with Crippen molar-refractivity contribution in [3.05, 3.63) is 58.3 Å². The number of hydrogen-bond acceptors (Lipinski definition) is 3. The number of halogens is 1. The standard InChI is InChI=1S/C16H18BrN3/c17-14-5-6-16(13(9-14)10-18)20-8-2-4-15(20)12-3-1-7-19-11-12/h1,3,5-7,9,11,15H,2,4,8,10,18H2. The van der Waals surface area contributed by atoms with Gasteiger partial charge in [-0.15, -0.1) is 0 Å². The fraction of sp³-hybridized carbons (Fsp3) is 0.312. The van der Waals surface area contributed by atoms with Gasteiger partial charge in [-0.05, 0) is 48.2 Å². The average molecular weight is 332 g/mol. The molecule has 1 fully saturated rings. The molecule has 1 aromatic carbocycles. The van der Waals surface area contributed by atoms with Gasteiger partial charge in [0.15, 0.2) is 0 Å². The molecule has 0 radical (unpaired) electrons. The van der Waals surface area contributed by atoms with E-state index in [0.29, 0.717) is 12.6 Å². The minimum absolute atomic E-state index is 0.412. The number of hydrogen-bond donors (Lipinski definition) is 1. The number of anilines is 1. The van der Waals surface area contributed by atoms with Crippen molar-refractivity contribution < 1.29 is 0 Å². The molecule has 0 spiro atoms. The molecule has 104 valence electrons. The minimum atomic E-state index is 0.412. The summed E-state index contributed by atoms with van der Waals surface area (Å²) in [4.78, 5) is 6.72. The van der Waals surface area contributed by atoms with Gasteiger partial charge in [-0.25, -0.2) is 0 Å². The van der Waals surface area contributed by atoms with Crippen molar-refractivity contribution >= 4 is 21.6 Å². The number of pyridine rings is 1. The third-order valence-corrected chi connectivity index (χ3v) is 4.39. The van der Waals surface area contributed by atoms with Crippen LogP contribution in [-0.2, 0) is 6.54 Å². The maximum atomic E-state index is 5.91. The van der Waals surface area contributed by atoms with E-state index in [2.05, 4.69) is 50.1 Å². The largest absolute Gasteiger partial charge is 0.364 e. The summed E-state index contributed by atoms with van der Waals surface area (Å²) in [6.07, 6.45) is 6.18. The molecule has 1 aromatic heterocycles. The quantitative estimate of drug-likeness (QED) is 0.933. The summed E-state index contributed by atoms with van der Waals surface area (Å²) < 4.78 is 1.08. The van der Waals surface area contributed by atoms with Crippen molar-refractivity contribution in [3.63, 3.8) is 0 Å². The highest BCUT2D eigenvalue weighted by molar-refractivity contribution is 9.10. The summed E-state index contributed by atoms with van der Waals surface area (Å²) in [5.74, 6) is 0. The van der Waals surface area contributed by atoms with Crippen LogP contribution in [0, 0.1) is 0 Å². The maximum Gasteiger partial charge on any atom is 0.0558 e. The molecule has 1 aliphatic rings. The van der Waals surface area contributed by atoms with Crippen LogP contribution in [0.4, 0.5) is 5.69 Å². The summed E-state index contributed by atoms with van der Waals surface area (Å²) in [7, 11) is 0. The molecular weight excluding hydrogens is 314 g/mol. The summed E-state index contributed by atoms with van der Waals surface area (Å²) in [5.41, 5.74) is 9.64. The third-order valence-electron chi connectivity index (χ3n) is 3.89. The molecule has 0 aliphatic carbocycles. The Morgan fingerprint density at radius 1 is 1.35 bits per heavy atom. The zero-order chi connectivity index (χ0) is 13.9. The van der Waals surface area contributed by atoms with Gasteiger partial charge in [0.25, 0.3) is 0 Å². The minimum Gasteiger partial charge on any atom is -0.364 e. The molecule has 4 heteroatoms. The monoisotopic (exact) mass is 331 g/mol. The summed E-state index contributed by atoms with van der Waals surface area (Å²) in [6.45, 7) is 1.64. The molecule has 3 rings (SSSR count). The molecule has 1 saturated heterocycles. The first-order valence-electron chi connectivity index (χ1n) is 6.94. The molecule has 20 heavy (non-hydrogen) atoms. The van der Waals surface area contributed by atoms with Crippen LogP contribution in [0.2, 0.25) is 0 Å². The maximum absolute atomic E-state index is 5.91. The van der Waals surface area contributed by atoms with E-state index in [4.69, 9.17) is 5.73 Å². The molecule has 0 saturated carbocycles. The first-order chi connectivity index (χ1) is 9.79. The fourth-order valence-corrected chi connectivity index (χ4v) is 3.38. The second kappa shape index (κ2) is 5.94. The lowest BCUT2D eigenvalue weighted by Gasteiger charge is -2.29. The van der Waals surface area contributed by atoms with E-state index < -0.39 is 0 Å². The lowest BCUT2D eigenvalue weighted by atomic mass is 10.1. The highest BCUT2D eigenvalue weighted by Crippen LogP contribution is 2.38. The zero-order valence-corrected chi connectivity index (χ0v) is 12.9. The van der Waals surface area contributed by atoms with Crippen molar-refractivity contribution in [1.29, 1.82) is 0 Å². The molecule has 2 heterocycles. The topological polar surface area (TPSA) is 42.1 Å². The Morgan fingerprint density at radius 3 is 3.00 bits per heavy atom. The Balaban J connectivity index is 1.97. The summed E-state index contributed by atoms with van der Waals surface area (Å²) in [6, 6.07) is 11.0. The van der Waals surface area contributed by atoms with Crippen LogP contribution < -0.4 is 10.6 Å². The molecule has 1 aliphatic heterocycles. The fourth-order valence-electron chi connectivity index (χ4n) is 2.97. The second-order valence-corrected chi connectivity index (χ2v) is 6.03. The van der Waals surface area contributed by atoms with Crippen molar-refractivity contribution in [2.75, 3.05) is 11.4 Å². The molecule has 2 N–H and O–H groups in total. The first-order valence-corrected chi connectivity index (χ1v) is 7.74. The van der Waals surface area contributed by atoms with Gasteiger partial charge < -0.3 is 10.6 Å². The van der Waals surface area contributed by atoms with Crippen molar-refractivity contribution in [2.24, 2.45) is 5.73 Å². The van der Waals surface area contributed by atoms with E-state index >= 15 is 0 Å². The highest BCUT2D eigenvalue weighted by atomic mass is 79.9. The van der Waals surface area contributed by atoms with Crippen LogP contribution in [0.15, 0.2) is 47.2 Å². The smallest absolute Gasteiger partial charge is 0.0558 e. The normalized spacial score (nSPS) is 18.5. The predicted molar refractivity (Wildman–Crippen MR) is 85.6 cm³/mol. The van der Waals surface area contributed by atoms with Gasteiger partial charge in [-0.2, -0.15) is 0 Å². The van der Waals surface area contributed by atoms with Gasteiger partial charge >= 0.3 is 0 Å². The van der Waals surface area contributed by atoms with Crippen LogP contribution in [0.1, 0.15) is 30.0 Å². The Hall–Kier alpha value is -1.39. The highest BCUT2D eigenvalue weighted by Gasteiger charge is 2.27. The van der Waals surface area contributed by atoms with Gasteiger partial charge in [0.2, 0.25) is 0 Å². The lowest BCUT2D eigenvalue weighted by molar-refractivity contribution is 0.712. The lowest BCUT2D eigenvalue weighted by Crippen LogP contribution is -2.24. The van der Waals surface area contributed by atoms with E-state index in [1.807, 2.05) is 18.5 Å². The molecule has 1 unspecified atom stereocenters. The van der Waals surface area contributed by atoms with Crippen LogP contribution in [-0.4, -0.2) is 11.5 Å². The first kappa shape index (κ1) is 13.6. The van der Waals surface area contributed by atoms with Crippen LogP contribution >= 0.6 is 15.9 Å². The van der Waals surface area contributed by atoms with Crippen LogP contribution in [0.5, 0.6) is 0 Å².